The van der Waals surface area contributed by atoms with Gasteiger partial charge in [-0.2, -0.15) is 0 Å². The van der Waals surface area contributed by atoms with Gasteiger partial charge in [-0.3, -0.25) is 0 Å². The van der Waals surface area contributed by atoms with Crippen molar-refractivity contribution >= 4 is 5.97 Å². The third-order valence-electron chi connectivity index (χ3n) is 3.53. The van der Waals surface area contributed by atoms with Crippen molar-refractivity contribution in [2.75, 3.05) is 0 Å². The van der Waals surface area contributed by atoms with Gasteiger partial charge in [0.15, 0.2) is 0 Å². The monoisotopic (exact) mass is 226 g/mol. The highest BCUT2D eigenvalue weighted by Gasteiger charge is 2.40. The van der Waals surface area contributed by atoms with Crippen molar-refractivity contribution in [2.24, 2.45) is 5.92 Å². The Balaban J connectivity index is 2.98. The molecule has 0 saturated heterocycles. The fourth-order valence-corrected chi connectivity index (χ4v) is 2.01. The Hall–Kier alpha value is -0.990. The zero-order chi connectivity index (χ0) is 12.3. The second-order valence-electron chi connectivity index (χ2n) is 4.77. The lowest BCUT2D eigenvalue weighted by Gasteiger charge is -2.36. The van der Waals surface area contributed by atoms with Crippen LogP contribution in [0.3, 0.4) is 0 Å². The Morgan fingerprint density at radius 2 is 2.19 bits per heavy atom. The molecule has 3 heteroatoms. The molecular weight excluding hydrogens is 204 g/mol. The molecule has 3 nitrogen and oxygen atoms in total. The highest BCUT2D eigenvalue weighted by molar-refractivity contribution is 5.77. The van der Waals surface area contributed by atoms with E-state index in [1.54, 1.807) is 6.92 Å². The molecule has 2 unspecified atom stereocenters. The molecule has 0 fully saturated rings. The summed E-state index contributed by atoms with van der Waals surface area (Å²) >= 11 is 0. The van der Waals surface area contributed by atoms with Gasteiger partial charge in [-0.15, -0.1) is 0 Å². The van der Waals surface area contributed by atoms with Gasteiger partial charge in [-0.05, 0) is 31.8 Å². The van der Waals surface area contributed by atoms with Crippen LogP contribution in [0, 0.1) is 5.92 Å². The van der Waals surface area contributed by atoms with Gasteiger partial charge < -0.3 is 9.84 Å². The summed E-state index contributed by atoms with van der Waals surface area (Å²) in [6.45, 7) is 7.97. The summed E-state index contributed by atoms with van der Waals surface area (Å²) in [5, 5.41) is 9.18. The third-order valence-corrected chi connectivity index (χ3v) is 3.53. The molecule has 16 heavy (non-hydrogen) atoms. The molecule has 92 valence electrons. The van der Waals surface area contributed by atoms with E-state index in [2.05, 4.69) is 20.8 Å². The van der Waals surface area contributed by atoms with Gasteiger partial charge >= 0.3 is 5.97 Å². The molecule has 2 atom stereocenters. The maximum atomic E-state index is 11.2. The Morgan fingerprint density at radius 1 is 1.56 bits per heavy atom. The van der Waals surface area contributed by atoms with Gasteiger partial charge in [-0.1, -0.05) is 20.8 Å². The normalized spacial score (nSPS) is 27.5. The number of hydrogen-bond acceptors (Lipinski definition) is 2. The lowest BCUT2D eigenvalue weighted by molar-refractivity contribution is -0.162. The van der Waals surface area contributed by atoms with Crippen molar-refractivity contribution in [3.63, 3.8) is 0 Å². The minimum atomic E-state index is -1.03. The average Bonchev–Trinajstić information content (AvgIpc) is 2.27. The molecule has 1 aliphatic heterocycles. The van der Waals surface area contributed by atoms with E-state index in [0.717, 1.165) is 25.0 Å². The van der Waals surface area contributed by atoms with E-state index < -0.39 is 11.6 Å². The Morgan fingerprint density at radius 3 is 2.62 bits per heavy atom. The smallest absolute Gasteiger partial charge is 0.347 e. The molecule has 0 aliphatic carbocycles. The quantitative estimate of drug-likeness (QED) is 0.799. The number of hydrogen-bond donors (Lipinski definition) is 1. The predicted molar refractivity (Wildman–Crippen MR) is 63.1 cm³/mol. The Bertz CT molecular complexity index is 306. The van der Waals surface area contributed by atoms with E-state index in [4.69, 9.17) is 4.74 Å². The highest BCUT2D eigenvalue weighted by Crippen LogP contribution is 2.37. The van der Waals surface area contributed by atoms with E-state index >= 15 is 0 Å². The van der Waals surface area contributed by atoms with Crippen LogP contribution in [0.1, 0.15) is 53.4 Å². The van der Waals surface area contributed by atoms with Crippen molar-refractivity contribution in [1.82, 2.24) is 0 Å². The molecule has 0 aromatic heterocycles. The number of aliphatic carboxylic acids is 1. The van der Waals surface area contributed by atoms with Gasteiger partial charge in [0.05, 0.1) is 5.76 Å². The first-order valence-electron chi connectivity index (χ1n) is 6.09. The van der Waals surface area contributed by atoms with E-state index in [1.165, 1.54) is 5.57 Å². The lowest BCUT2D eigenvalue weighted by atomic mass is 9.88. The first-order valence-corrected chi connectivity index (χ1v) is 6.09. The second kappa shape index (κ2) is 4.89. The lowest BCUT2D eigenvalue weighted by Crippen LogP contribution is -2.41. The minimum Gasteiger partial charge on any atom is -0.480 e. The van der Waals surface area contributed by atoms with Crippen LogP contribution in [-0.4, -0.2) is 16.7 Å². The number of rotatable bonds is 4. The van der Waals surface area contributed by atoms with Gasteiger partial charge in [-0.25, -0.2) is 4.79 Å². The zero-order valence-corrected chi connectivity index (χ0v) is 10.7. The van der Waals surface area contributed by atoms with Crippen LogP contribution in [-0.2, 0) is 9.53 Å². The van der Waals surface area contributed by atoms with Crippen molar-refractivity contribution < 1.29 is 14.6 Å². The summed E-state index contributed by atoms with van der Waals surface area (Å²) < 4.78 is 5.77. The molecule has 0 spiro atoms. The molecule has 1 N–H and O–H groups in total. The summed E-state index contributed by atoms with van der Waals surface area (Å²) in [6.07, 6.45) is 3.36. The summed E-state index contributed by atoms with van der Waals surface area (Å²) in [5.41, 5.74) is 0.255. The van der Waals surface area contributed by atoms with Crippen LogP contribution in [0.4, 0.5) is 0 Å². The Kier molecular flexibility index (Phi) is 4.00. The summed E-state index contributed by atoms with van der Waals surface area (Å²) in [4.78, 5) is 11.2. The van der Waals surface area contributed by atoms with Crippen molar-refractivity contribution in [3.05, 3.63) is 11.3 Å². The third kappa shape index (κ3) is 2.39. The molecule has 0 amide bonds. The van der Waals surface area contributed by atoms with Crippen LogP contribution < -0.4 is 0 Å². The number of ether oxygens (including phenoxy) is 1. The first-order chi connectivity index (χ1) is 7.44. The molecule has 1 rings (SSSR count). The highest BCUT2D eigenvalue weighted by atomic mass is 16.5. The SMILES string of the molecule is CCC1=C(C(C)CC)OC(C)(C(=O)O)CC1. The fraction of sp³-hybridized carbons (Fsp3) is 0.769. The number of carbonyl (C=O) groups is 1. The molecule has 0 saturated carbocycles. The molecule has 1 aliphatic rings. The topological polar surface area (TPSA) is 46.5 Å². The molecule has 0 aromatic carbocycles. The van der Waals surface area contributed by atoms with Crippen LogP contribution in [0.25, 0.3) is 0 Å². The van der Waals surface area contributed by atoms with E-state index in [0.29, 0.717) is 12.3 Å². The van der Waals surface area contributed by atoms with E-state index in [9.17, 15) is 9.90 Å². The van der Waals surface area contributed by atoms with E-state index in [1.807, 2.05) is 0 Å². The maximum absolute atomic E-state index is 11.2. The molecule has 0 bridgehead atoms. The van der Waals surface area contributed by atoms with Crippen LogP contribution in [0.5, 0.6) is 0 Å². The van der Waals surface area contributed by atoms with Crippen molar-refractivity contribution in [1.29, 1.82) is 0 Å². The van der Waals surface area contributed by atoms with Crippen molar-refractivity contribution in [3.8, 4) is 0 Å². The minimum absolute atomic E-state index is 0.314. The van der Waals surface area contributed by atoms with E-state index in [-0.39, 0.29) is 0 Å². The summed E-state index contributed by atoms with van der Waals surface area (Å²) in [5.74, 6) is 0.374. The standard InChI is InChI=1S/C13H22O3/c1-5-9(3)11-10(6-2)7-8-13(4,16-11)12(14)15/h9H,5-8H2,1-4H3,(H,14,15). The molecule has 1 heterocycles. The summed E-state index contributed by atoms with van der Waals surface area (Å²) in [6, 6.07) is 0. The Labute approximate surface area is 97.5 Å². The van der Waals surface area contributed by atoms with Crippen LogP contribution >= 0.6 is 0 Å². The van der Waals surface area contributed by atoms with Gasteiger partial charge in [0.1, 0.15) is 0 Å². The molecule has 0 aromatic rings. The molecule has 0 radical (unpaired) electrons. The second-order valence-corrected chi connectivity index (χ2v) is 4.77. The van der Waals surface area contributed by atoms with Gasteiger partial charge in [0.25, 0.3) is 0 Å². The van der Waals surface area contributed by atoms with Crippen LogP contribution in [0.15, 0.2) is 11.3 Å². The van der Waals surface area contributed by atoms with Gasteiger partial charge in [0.2, 0.25) is 5.60 Å². The van der Waals surface area contributed by atoms with Gasteiger partial charge in [0, 0.05) is 12.3 Å². The summed E-state index contributed by atoms with van der Waals surface area (Å²) in [7, 11) is 0. The number of carboxylic acid groups (broad SMARTS) is 1. The predicted octanol–water partition coefficient (Wildman–Crippen LogP) is 3.35. The largest absolute Gasteiger partial charge is 0.480 e. The fourth-order valence-electron chi connectivity index (χ4n) is 2.01. The zero-order valence-electron chi connectivity index (χ0n) is 10.7. The number of allylic oxidation sites excluding steroid dienone is 2. The van der Waals surface area contributed by atoms with Crippen LogP contribution in [0.2, 0.25) is 0 Å². The first kappa shape index (κ1) is 13.1. The van der Waals surface area contributed by atoms with Crippen molar-refractivity contribution in [2.45, 2.75) is 59.0 Å². The molecular formula is C13H22O3. The maximum Gasteiger partial charge on any atom is 0.347 e. The average molecular weight is 226 g/mol. The number of carboxylic acids is 1.